The van der Waals surface area contributed by atoms with Gasteiger partial charge in [-0.3, -0.25) is 0 Å². The van der Waals surface area contributed by atoms with Gasteiger partial charge in [-0.25, -0.2) is 9.97 Å². The van der Waals surface area contributed by atoms with Gasteiger partial charge < -0.3 is 16.2 Å². The molecule has 0 unspecified atom stereocenters. The molecule has 0 fully saturated rings. The number of aromatic nitrogens is 2. The SMILES string of the molecule is Nc1ccc(O)c(CNc2ncnc3ccsc23)c1. The lowest BCUT2D eigenvalue weighted by atomic mass is 10.2. The number of anilines is 2. The van der Waals surface area contributed by atoms with Crippen LogP contribution in [-0.4, -0.2) is 15.1 Å². The molecule has 3 rings (SSSR count). The Morgan fingerprint density at radius 1 is 1.26 bits per heavy atom. The zero-order chi connectivity index (χ0) is 13.2. The van der Waals surface area contributed by atoms with E-state index in [4.69, 9.17) is 5.73 Å². The van der Waals surface area contributed by atoms with Gasteiger partial charge >= 0.3 is 0 Å². The molecule has 0 aliphatic carbocycles. The molecule has 5 nitrogen and oxygen atoms in total. The van der Waals surface area contributed by atoms with Crippen molar-refractivity contribution < 1.29 is 5.11 Å². The summed E-state index contributed by atoms with van der Waals surface area (Å²) in [6, 6.07) is 6.95. The summed E-state index contributed by atoms with van der Waals surface area (Å²) in [5.74, 6) is 0.986. The molecule has 0 radical (unpaired) electrons. The Morgan fingerprint density at radius 3 is 3.05 bits per heavy atom. The van der Waals surface area contributed by atoms with Gasteiger partial charge in [-0.05, 0) is 29.6 Å². The van der Waals surface area contributed by atoms with Crippen molar-refractivity contribution in [3.05, 3.63) is 41.5 Å². The van der Waals surface area contributed by atoms with Gasteiger partial charge in [0.15, 0.2) is 0 Å². The standard InChI is InChI=1S/C13H12N4OS/c14-9-1-2-11(18)8(5-9)6-15-13-12-10(3-4-19-12)16-7-17-13/h1-5,7,18H,6,14H2,(H,15,16,17). The van der Waals surface area contributed by atoms with Crippen LogP contribution in [0.15, 0.2) is 36.0 Å². The number of nitrogen functional groups attached to an aromatic ring is 1. The van der Waals surface area contributed by atoms with Crippen LogP contribution in [0, 0.1) is 0 Å². The van der Waals surface area contributed by atoms with Crippen molar-refractivity contribution in [3.63, 3.8) is 0 Å². The molecule has 0 amide bonds. The van der Waals surface area contributed by atoms with Gasteiger partial charge in [-0.2, -0.15) is 0 Å². The molecule has 2 aromatic heterocycles. The van der Waals surface area contributed by atoms with Crippen LogP contribution in [0.5, 0.6) is 5.75 Å². The number of hydrogen-bond donors (Lipinski definition) is 3. The van der Waals surface area contributed by atoms with Crippen LogP contribution in [0.25, 0.3) is 10.2 Å². The molecule has 19 heavy (non-hydrogen) atoms. The lowest BCUT2D eigenvalue weighted by Gasteiger charge is -2.08. The summed E-state index contributed by atoms with van der Waals surface area (Å²) in [5.41, 5.74) is 7.99. The molecule has 0 saturated heterocycles. The number of rotatable bonds is 3. The molecular formula is C13H12N4OS. The summed E-state index contributed by atoms with van der Waals surface area (Å²) in [4.78, 5) is 8.40. The van der Waals surface area contributed by atoms with Crippen LogP contribution in [0.3, 0.4) is 0 Å². The zero-order valence-electron chi connectivity index (χ0n) is 10.00. The third kappa shape index (κ3) is 2.30. The van der Waals surface area contributed by atoms with E-state index in [9.17, 15) is 5.11 Å². The summed E-state index contributed by atoms with van der Waals surface area (Å²) in [5, 5.41) is 14.9. The van der Waals surface area contributed by atoms with Crippen molar-refractivity contribution in [2.45, 2.75) is 6.54 Å². The van der Waals surface area contributed by atoms with Crippen LogP contribution in [0.1, 0.15) is 5.56 Å². The Labute approximate surface area is 113 Å². The second-order valence-electron chi connectivity index (χ2n) is 4.10. The summed E-state index contributed by atoms with van der Waals surface area (Å²) < 4.78 is 1.01. The highest BCUT2D eigenvalue weighted by Crippen LogP contribution is 2.26. The number of thiophene rings is 1. The van der Waals surface area contributed by atoms with Crippen molar-refractivity contribution in [2.75, 3.05) is 11.1 Å². The summed E-state index contributed by atoms with van der Waals surface area (Å²) in [6.45, 7) is 0.459. The third-order valence-electron chi connectivity index (χ3n) is 2.79. The summed E-state index contributed by atoms with van der Waals surface area (Å²) in [6.07, 6.45) is 1.52. The van der Waals surface area contributed by atoms with Crippen LogP contribution < -0.4 is 11.1 Å². The normalized spacial score (nSPS) is 10.7. The number of benzene rings is 1. The Balaban J connectivity index is 1.86. The predicted molar refractivity (Wildman–Crippen MR) is 77.3 cm³/mol. The van der Waals surface area contributed by atoms with E-state index in [1.54, 1.807) is 29.5 Å². The molecule has 96 valence electrons. The predicted octanol–water partition coefficient (Wildman–Crippen LogP) is 2.59. The highest BCUT2D eigenvalue weighted by Gasteiger charge is 2.06. The number of nitrogens with zero attached hydrogens (tertiary/aromatic N) is 2. The maximum absolute atomic E-state index is 9.76. The topological polar surface area (TPSA) is 84.1 Å². The molecule has 0 spiro atoms. The molecule has 3 aromatic rings. The van der Waals surface area contributed by atoms with Gasteiger partial charge in [0.2, 0.25) is 0 Å². The van der Waals surface area contributed by atoms with E-state index in [0.29, 0.717) is 12.2 Å². The fraction of sp³-hybridized carbons (Fsp3) is 0.0769. The summed E-state index contributed by atoms with van der Waals surface area (Å²) >= 11 is 1.58. The molecule has 0 aliphatic heterocycles. The van der Waals surface area contributed by atoms with E-state index in [-0.39, 0.29) is 5.75 Å². The molecule has 1 aromatic carbocycles. The fourth-order valence-electron chi connectivity index (χ4n) is 1.84. The van der Waals surface area contributed by atoms with Gasteiger partial charge in [0.1, 0.15) is 17.9 Å². The van der Waals surface area contributed by atoms with E-state index >= 15 is 0 Å². The number of hydrogen-bond acceptors (Lipinski definition) is 6. The number of phenolic OH excluding ortho intramolecular Hbond substituents is 1. The summed E-state index contributed by atoms with van der Waals surface area (Å²) in [7, 11) is 0. The van der Waals surface area contributed by atoms with E-state index in [2.05, 4.69) is 15.3 Å². The van der Waals surface area contributed by atoms with Crippen molar-refractivity contribution in [1.29, 1.82) is 0 Å². The van der Waals surface area contributed by atoms with Crippen LogP contribution in [-0.2, 0) is 6.54 Å². The first kappa shape index (κ1) is 11.7. The number of nitrogens with one attached hydrogen (secondary N) is 1. The fourth-order valence-corrected chi connectivity index (χ4v) is 2.65. The molecular weight excluding hydrogens is 260 g/mol. The highest BCUT2D eigenvalue weighted by molar-refractivity contribution is 7.17. The molecule has 0 atom stereocenters. The second kappa shape index (κ2) is 4.74. The molecule has 0 saturated carbocycles. The Kier molecular flexibility index (Phi) is 2.92. The highest BCUT2D eigenvalue weighted by atomic mass is 32.1. The van der Waals surface area contributed by atoms with E-state index in [1.807, 2.05) is 11.4 Å². The van der Waals surface area contributed by atoms with E-state index < -0.39 is 0 Å². The first-order chi connectivity index (χ1) is 9.24. The zero-order valence-corrected chi connectivity index (χ0v) is 10.8. The number of nitrogens with two attached hydrogens (primary N) is 1. The number of phenols is 1. The number of aromatic hydroxyl groups is 1. The largest absolute Gasteiger partial charge is 0.508 e. The Bertz CT molecular complexity index is 725. The van der Waals surface area contributed by atoms with Crippen LogP contribution in [0.4, 0.5) is 11.5 Å². The van der Waals surface area contributed by atoms with E-state index in [1.165, 1.54) is 6.33 Å². The quantitative estimate of drug-likeness (QED) is 0.504. The molecule has 2 heterocycles. The maximum atomic E-state index is 9.76. The minimum atomic E-state index is 0.221. The maximum Gasteiger partial charge on any atom is 0.147 e. The average Bonchev–Trinajstić information content (AvgIpc) is 2.88. The van der Waals surface area contributed by atoms with Gasteiger partial charge in [0, 0.05) is 17.8 Å². The lowest BCUT2D eigenvalue weighted by Crippen LogP contribution is -2.02. The molecule has 6 heteroatoms. The van der Waals surface area contributed by atoms with Gasteiger partial charge in [-0.15, -0.1) is 11.3 Å². The first-order valence-corrected chi connectivity index (χ1v) is 6.61. The van der Waals surface area contributed by atoms with Gasteiger partial charge in [0.05, 0.1) is 10.2 Å². The van der Waals surface area contributed by atoms with Gasteiger partial charge in [-0.1, -0.05) is 0 Å². The van der Waals surface area contributed by atoms with Crippen LogP contribution >= 0.6 is 11.3 Å². The van der Waals surface area contributed by atoms with Crippen molar-refractivity contribution in [1.82, 2.24) is 9.97 Å². The number of fused-ring (bicyclic) bond motifs is 1. The average molecular weight is 272 g/mol. The minimum absolute atomic E-state index is 0.221. The molecule has 0 bridgehead atoms. The van der Waals surface area contributed by atoms with Crippen molar-refractivity contribution in [2.24, 2.45) is 0 Å². The Hall–Kier alpha value is -2.34. The van der Waals surface area contributed by atoms with Crippen molar-refractivity contribution in [3.8, 4) is 5.75 Å². The van der Waals surface area contributed by atoms with Gasteiger partial charge in [0.25, 0.3) is 0 Å². The van der Waals surface area contributed by atoms with E-state index in [0.717, 1.165) is 21.6 Å². The van der Waals surface area contributed by atoms with Crippen LogP contribution in [0.2, 0.25) is 0 Å². The lowest BCUT2D eigenvalue weighted by molar-refractivity contribution is 0.469. The monoisotopic (exact) mass is 272 g/mol. The molecule has 4 N–H and O–H groups in total. The Morgan fingerprint density at radius 2 is 2.16 bits per heavy atom. The smallest absolute Gasteiger partial charge is 0.147 e. The van der Waals surface area contributed by atoms with Crippen molar-refractivity contribution >= 4 is 33.1 Å². The first-order valence-electron chi connectivity index (χ1n) is 5.73. The third-order valence-corrected chi connectivity index (χ3v) is 3.70. The minimum Gasteiger partial charge on any atom is -0.508 e. The molecule has 0 aliphatic rings. The second-order valence-corrected chi connectivity index (χ2v) is 5.02.